The van der Waals surface area contributed by atoms with Gasteiger partial charge in [0.1, 0.15) is 5.60 Å². The Morgan fingerprint density at radius 3 is 2.38 bits per heavy atom. The molecule has 21 heavy (non-hydrogen) atoms. The predicted molar refractivity (Wildman–Crippen MR) is 81.8 cm³/mol. The summed E-state index contributed by atoms with van der Waals surface area (Å²) in [7, 11) is 0. The lowest BCUT2D eigenvalue weighted by atomic mass is 9.96. The summed E-state index contributed by atoms with van der Waals surface area (Å²) in [6.07, 6.45) is 2.04. The lowest BCUT2D eigenvalue weighted by Gasteiger charge is -2.33. The van der Waals surface area contributed by atoms with Crippen molar-refractivity contribution in [3.63, 3.8) is 0 Å². The molecule has 0 bridgehead atoms. The zero-order chi connectivity index (χ0) is 16.0. The third-order valence-corrected chi connectivity index (χ3v) is 3.53. The molecule has 1 heterocycles. The topological polar surface area (TPSA) is 84.7 Å². The number of nitrogens with one attached hydrogen (secondary N) is 1. The van der Waals surface area contributed by atoms with E-state index in [9.17, 15) is 9.59 Å². The molecule has 0 saturated carbocycles. The van der Waals surface area contributed by atoms with Gasteiger partial charge in [0.25, 0.3) is 0 Å². The number of carbonyl (C=O) groups is 2. The summed E-state index contributed by atoms with van der Waals surface area (Å²) in [4.78, 5) is 24.5. The molecule has 0 spiro atoms. The van der Waals surface area contributed by atoms with Crippen LogP contribution in [0.25, 0.3) is 0 Å². The maximum Gasteiger partial charge on any atom is 0.410 e. The second-order valence-corrected chi connectivity index (χ2v) is 6.89. The molecule has 0 aromatic heterocycles. The van der Waals surface area contributed by atoms with Crippen molar-refractivity contribution in [2.24, 2.45) is 11.7 Å². The van der Waals surface area contributed by atoms with E-state index in [4.69, 9.17) is 10.5 Å². The van der Waals surface area contributed by atoms with Crippen molar-refractivity contribution in [3.8, 4) is 0 Å². The molecule has 1 aliphatic rings. The summed E-state index contributed by atoms with van der Waals surface area (Å²) in [5, 5.41) is 3.33. The Morgan fingerprint density at radius 2 is 1.90 bits per heavy atom. The SMILES string of the molecule is CC(CC(N)=O)NCC1CCN(C(=O)OC(C)(C)C)CC1. The van der Waals surface area contributed by atoms with Gasteiger partial charge in [-0.25, -0.2) is 4.79 Å². The number of carbonyl (C=O) groups excluding carboxylic acids is 2. The molecular formula is C15H29N3O3. The molecule has 0 radical (unpaired) electrons. The maximum absolute atomic E-state index is 11.9. The van der Waals surface area contributed by atoms with Crippen LogP contribution in [0.3, 0.4) is 0 Å². The molecule has 1 aliphatic heterocycles. The largest absolute Gasteiger partial charge is 0.444 e. The van der Waals surface area contributed by atoms with Gasteiger partial charge in [0, 0.05) is 25.6 Å². The normalized spacial score (nSPS) is 18.4. The molecule has 1 saturated heterocycles. The average Bonchev–Trinajstić information content (AvgIpc) is 2.34. The zero-order valence-corrected chi connectivity index (χ0v) is 13.6. The lowest BCUT2D eigenvalue weighted by Crippen LogP contribution is -2.44. The first-order valence-electron chi connectivity index (χ1n) is 7.67. The highest BCUT2D eigenvalue weighted by atomic mass is 16.6. The Morgan fingerprint density at radius 1 is 1.33 bits per heavy atom. The highest BCUT2D eigenvalue weighted by molar-refractivity contribution is 5.74. The molecule has 6 nitrogen and oxygen atoms in total. The molecule has 1 fully saturated rings. The number of rotatable bonds is 5. The van der Waals surface area contributed by atoms with Gasteiger partial charge in [0.2, 0.25) is 5.91 Å². The van der Waals surface area contributed by atoms with E-state index in [0.717, 1.165) is 32.5 Å². The van der Waals surface area contributed by atoms with Crippen molar-refractivity contribution < 1.29 is 14.3 Å². The van der Waals surface area contributed by atoms with Gasteiger partial charge < -0.3 is 20.7 Å². The van der Waals surface area contributed by atoms with Crippen molar-refractivity contribution in [3.05, 3.63) is 0 Å². The second kappa shape index (κ2) is 7.64. The monoisotopic (exact) mass is 299 g/mol. The summed E-state index contributed by atoms with van der Waals surface area (Å²) >= 11 is 0. The van der Waals surface area contributed by atoms with Crippen LogP contribution < -0.4 is 11.1 Å². The molecule has 1 atom stereocenters. The van der Waals surface area contributed by atoms with Gasteiger partial charge in [-0.15, -0.1) is 0 Å². The van der Waals surface area contributed by atoms with E-state index in [-0.39, 0.29) is 18.0 Å². The van der Waals surface area contributed by atoms with Crippen LogP contribution >= 0.6 is 0 Å². The molecule has 0 aromatic carbocycles. The number of hydrogen-bond acceptors (Lipinski definition) is 4. The number of ether oxygens (including phenoxy) is 1. The third-order valence-electron chi connectivity index (χ3n) is 3.53. The van der Waals surface area contributed by atoms with Crippen molar-refractivity contribution in [1.29, 1.82) is 0 Å². The average molecular weight is 299 g/mol. The fourth-order valence-electron chi connectivity index (χ4n) is 2.39. The van der Waals surface area contributed by atoms with Gasteiger partial charge in [-0.3, -0.25) is 4.79 Å². The van der Waals surface area contributed by atoms with Gasteiger partial charge in [-0.1, -0.05) is 0 Å². The first kappa shape index (κ1) is 17.8. The van der Waals surface area contributed by atoms with Crippen LogP contribution in [0.4, 0.5) is 4.79 Å². The number of nitrogens with zero attached hydrogens (tertiary/aromatic N) is 1. The molecule has 1 rings (SSSR count). The van der Waals surface area contributed by atoms with E-state index < -0.39 is 5.60 Å². The lowest BCUT2D eigenvalue weighted by molar-refractivity contribution is -0.118. The van der Waals surface area contributed by atoms with Crippen LogP contribution in [0.15, 0.2) is 0 Å². The van der Waals surface area contributed by atoms with Crippen LogP contribution in [-0.4, -0.2) is 48.2 Å². The minimum atomic E-state index is -0.445. The number of likely N-dealkylation sites (tertiary alicyclic amines) is 1. The van der Waals surface area contributed by atoms with Crippen molar-refractivity contribution in [1.82, 2.24) is 10.2 Å². The minimum absolute atomic E-state index is 0.103. The van der Waals surface area contributed by atoms with Crippen molar-refractivity contribution in [2.45, 2.75) is 58.6 Å². The van der Waals surface area contributed by atoms with Crippen LogP contribution in [0.5, 0.6) is 0 Å². The Hall–Kier alpha value is -1.30. The quantitative estimate of drug-likeness (QED) is 0.805. The Bertz CT molecular complexity index is 358. The molecule has 1 unspecified atom stereocenters. The van der Waals surface area contributed by atoms with Crippen molar-refractivity contribution >= 4 is 12.0 Å². The van der Waals surface area contributed by atoms with Crippen LogP contribution in [0, 0.1) is 5.92 Å². The summed E-state index contributed by atoms with van der Waals surface area (Å²) < 4.78 is 5.37. The highest BCUT2D eigenvalue weighted by Gasteiger charge is 2.26. The van der Waals surface area contributed by atoms with E-state index in [2.05, 4.69) is 5.32 Å². The van der Waals surface area contributed by atoms with E-state index >= 15 is 0 Å². The molecule has 3 N–H and O–H groups in total. The summed E-state index contributed by atoms with van der Waals surface area (Å²) in [6.45, 7) is 9.90. The van der Waals surface area contributed by atoms with Gasteiger partial charge in [0.05, 0.1) is 0 Å². The third kappa shape index (κ3) is 7.32. The van der Waals surface area contributed by atoms with Crippen LogP contribution in [0.1, 0.15) is 47.0 Å². The first-order valence-corrected chi connectivity index (χ1v) is 7.67. The molecule has 0 aromatic rings. The summed E-state index contributed by atoms with van der Waals surface area (Å²) in [6, 6.07) is 0.103. The Labute approximate surface area is 127 Å². The number of piperidine rings is 1. The van der Waals surface area contributed by atoms with E-state index in [1.165, 1.54) is 0 Å². The smallest absolute Gasteiger partial charge is 0.410 e. The predicted octanol–water partition coefficient (Wildman–Crippen LogP) is 1.49. The van der Waals surface area contributed by atoms with Gasteiger partial charge in [-0.05, 0) is 53.0 Å². The minimum Gasteiger partial charge on any atom is -0.444 e. The fourth-order valence-corrected chi connectivity index (χ4v) is 2.39. The standard InChI is InChI=1S/C15H29N3O3/c1-11(9-13(16)19)17-10-12-5-7-18(8-6-12)14(20)21-15(2,3)4/h11-12,17H,5-10H2,1-4H3,(H2,16,19). The summed E-state index contributed by atoms with van der Waals surface area (Å²) in [5.41, 5.74) is 4.72. The number of amides is 2. The van der Waals surface area contributed by atoms with Gasteiger partial charge in [-0.2, -0.15) is 0 Å². The molecule has 2 amide bonds. The van der Waals surface area contributed by atoms with E-state index in [1.54, 1.807) is 4.90 Å². The van der Waals surface area contributed by atoms with Gasteiger partial charge in [0.15, 0.2) is 0 Å². The Balaban J connectivity index is 2.26. The van der Waals surface area contributed by atoms with E-state index in [1.807, 2.05) is 27.7 Å². The second-order valence-electron chi connectivity index (χ2n) is 6.89. The highest BCUT2D eigenvalue weighted by Crippen LogP contribution is 2.19. The summed E-state index contributed by atoms with van der Waals surface area (Å²) in [5.74, 6) is 0.244. The van der Waals surface area contributed by atoms with Gasteiger partial charge >= 0.3 is 6.09 Å². The zero-order valence-electron chi connectivity index (χ0n) is 13.6. The van der Waals surface area contributed by atoms with E-state index in [0.29, 0.717) is 12.3 Å². The van der Waals surface area contributed by atoms with Crippen LogP contribution in [-0.2, 0) is 9.53 Å². The molecule has 6 heteroatoms. The Kier molecular flexibility index (Phi) is 6.45. The molecular weight excluding hydrogens is 270 g/mol. The number of primary amides is 1. The number of hydrogen-bond donors (Lipinski definition) is 2. The molecule has 122 valence electrons. The maximum atomic E-state index is 11.9. The fraction of sp³-hybridized carbons (Fsp3) is 0.867. The van der Waals surface area contributed by atoms with Crippen LogP contribution in [0.2, 0.25) is 0 Å². The number of nitrogens with two attached hydrogens (primary N) is 1. The molecule has 0 aliphatic carbocycles. The first-order chi connectivity index (χ1) is 9.67. The van der Waals surface area contributed by atoms with Crippen molar-refractivity contribution in [2.75, 3.05) is 19.6 Å².